The van der Waals surface area contributed by atoms with Crippen molar-refractivity contribution in [3.63, 3.8) is 0 Å². The topological polar surface area (TPSA) is 54.6 Å². The predicted octanol–water partition coefficient (Wildman–Crippen LogP) is 5.37. The Labute approximate surface area is 202 Å². The van der Waals surface area contributed by atoms with Crippen LogP contribution in [-0.2, 0) is 27.3 Å². The number of H-pyrrole nitrogens is 1. The molecule has 0 aliphatic carbocycles. The van der Waals surface area contributed by atoms with Crippen molar-refractivity contribution in [2.75, 3.05) is 26.7 Å². The highest BCUT2D eigenvalue weighted by Crippen LogP contribution is 2.41. The molecule has 180 valence electrons. The Morgan fingerprint density at radius 2 is 1.97 bits per heavy atom. The quantitative estimate of drug-likeness (QED) is 0.521. The molecule has 0 amide bonds. The number of aromatic nitrogens is 1. The van der Waals surface area contributed by atoms with E-state index in [0.29, 0.717) is 12.5 Å². The summed E-state index contributed by atoms with van der Waals surface area (Å²) in [4.78, 5) is 19.2. The van der Waals surface area contributed by atoms with Crippen LogP contribution in [0.5, 0.6) is 0 Å². The zero-order valence-electron chi connectivity index (χ0n) is 20.6. The zero-order chi connectivity index (χ0) is 23.7. The van der Waals surface area contributed by atoms with Gasteiger partial charge in [-0.2, -0.15) is 0 Å². The number of hydrogen-bond acceptors (Lipinski definition) is 4. The predicted molar refractivity (Wildman–Crippen MR) is 135 cm³/mol. The summed E-state index contributed by atoms with van der Waals surface area (Å²) in [6.45, 7) is 7.88. The van der Waals surface area contributed by atoms with Crippen molar-refractivity contribution in [3.05, 3.63) is 70.9 Å². The van der Waals surface area contributed by atoms with Gasteiger partial charge in [-0.05, 0) is 55.7 Å². The minimum Gasteiger partial charge on any atom is -0.469 e. The third-order valence-electron chi connectivity index (χ3n) is 7.93. The summed E-state index contributed by atoms with van der Waals surface area (Å²) in [5.74, 6) is -0.0511. The number of hydrogen-bond donors (Lipinski definition) is 1. The van der Waals surface area contributed by atoms with Crippen LogP contribution in [0.25, 0.3) is 10.9 Å². The fourth-order valence-electron chi connectivity index (χ4n) is 6.07. The first-order valence-electron chi connectivity index (χ1n) is 12.6. The lowest BCUT2D eigenvalue weighted by Crippen LogP contribution is -2.53. The van der Waals surface area contributed by atoms with Crippen molar-refractivity contribution in [3.8, 4) is 0 Å². The second-order valence-electron chi connectivity index (χ2n) is 10.2. The highest BCUT2D eigenvalue weighted by Gasteiger charge is 2.42. The molecule has 4 atom stereocenters. The van der Waals surface area contributed by atoms with Crippen LogP contribution in [0.1, 0.15) is 54.5 Å². The van der Waals surface area contributed by atoms with Crippen molar-refractivity contribution in [2.24, 2.45) is 5.92 Å². The maximum absolute atomic E-state index is 13.0. The fourth-order valence-corrected chi connectivity index (χ4v) is 6.07. The normalized spacial score (nSPS) is 26.9. The Hall–Kier alpha value is -2.63. The molecule has 34 heavy (non-hydrogen) atoms. The molecule has 5 heteroatoms. The second kappa shape index (κ2) is 9.55. The van der Waals surface area contributed by atoms with Crippen molar-refractivity contribution in [1.82, 2.24) is 9.88 Å². The number of carbonyl (C=O) groups excluding carboxylic acids is 1. The van der Waals surface area contributed by atoms with E-state index in [9.17, 15) is 4.79 Å². The number of nitrogens with zero attached hydrogens (tertiary/aromatic N) is 1. The maximum atomic E-state index is 13.0. The van der Waals surface area contributed by atoms with Crippen molar-refractivity contribution < 1.29 is 14.3 Å². The Balaban J connectivity index is 1.44. The SMILES string of the molecule is CCC1(OCc2ccc(C)cc2)CC2CC(C(=O)OC)c3[nH]c4ccccc4c3CCN(C2)C1. The number of benzene rings is 2. The third-order valence-corrected chi connectivity index (χ3v) is 7.93. The molecule has 5 nitrogen and oxygen atoms in total. The molecule has 2 bridgehead atoms. The number of ether oxygens (including phenoxy) is 2. The minimum atomic E-state index is -0.276. The number of nitrogens with one attached hydrogen (secondary N) is 1. The van der Waals surface area contributed by atoms with E-state index in [1.165, 1.54) is 29.2 Å². The molecule has 0 spiro atoms. The number of aromatic amines is 1. The Morgan fingerprint density at radius 3 is 2.74 bits per heavy atom. The molecule has 5 rings (SSSR count). The molecule has 0 radical (unpaired) electrons. The van der Waals surface area contributed by atoms with E-state index in [1.54, 1.807) is 0 Å². The number of carbonyl (C=O) groups is 1. The molecule has 0 saturated carbocycles. The molecule has 2 aliphatic rings. The molecule has 2 aliphatic heterocycles. The van der Waals surface area contributed by atoms with Crippen LogP contribution in [0.15, 0.2) is 48.5 Å². The lowest BCUT2D eigenvalue weighted by Gasteiger charge is -2.46. The molecule has 3 aromatic rings. The number of esters is 1. The first-order chi connectivity index (χ1) is 16.5. The molecule has 1 aromatic heterocycles. The van der Waals surface area contributed by atoms with E-state index >= 15 is 0 Å². The van der Waals surface area contributed by atoms with Crippen LogP contribution in [0.4, 0.5) is 0 Å². The Bertz CT molecular complexity index is 1150. The van der Waals surface area contributed by atoms with E-state index in [2.05, 4.69) is 66.2 Å². The molecule has 2 aromatic carbocycles. The number of rotatable bonds is 5. The van der Waals surface area contributed by atoms with Gasteiger partial charge in [-0.1, -0.05) is 55.0 Å². The van der Waals surface area contributed by atoms with Gasteiger partial charge in [0, 0.05) is 36.2 Å². The highest BCUT2D eigenvalue weighted by atomic mass is 16.5. The minimum absolute atomic E-state index is 0.144. The smallest absolute Gasteiger partial charge is 0.314 e. The van der Waals surface area contributed by atoms with Gasteiger partial charge < -0.3 is 14.5 Å². The second-order valence-corrected chi connectivity index (χ2v) is 10.2. The highest BCUT2D eigenvalue weighted by molar-refractivity contribution is 5.88. The van der Waals surface area contributed by atoms with Gasteiger partial charge in [0.1, 0.15) is 0 Å². The van der Waals surface area contributed by atoms with Gasteiger partial charge in [-0.15, -0.1) is 0 Å². The molecule has 1 N–H and O–H groups in total. The summed E-state index contributed by atoms with van der Waals surface area (Å²) in [5.41, 5.74) is 5.69. The first-order valence-corrected chi connectivity index (χ1v) is 12.6. The molecule has 3 heterocycles. The van der Waals surface area contributed by atoms with Crippen LogP contribution in [0, 0.1) is 12.8 Å². The molecular formula is C29H36N2O3. The van der Waals surface area contributed by atoms with Gasteiger partial charge in [0.2, 0.25) is 0 Å². The Morgan fingerprint density at radius 1 is 1.18 bits per heavy atom. The van der Waals surface area contributed by atoms with Gasteiger partial charge >= 0.3 is 5.97 Å². The number of aryl methyl sites for hydroxylation is 1. The standard InChI is InChI=1S/C29H36N2O3/c1-4-29(34-18-21-11-9-20(2)10-12-21)16-22-15-25(28(32)33-3)27-24(13-14-31(17-22)19-29)23-7-5-6-8-26(23)30-27/h5-12,22,25,30H,4,13-19H2,1-3H3. The van der Waals surface area contributed by atoms with E-state index in [4.69, 9.17) is 9.47 Å². The largest absolute Gasteiger partial charge is 0.469 e. The van der Waals surface area contributed by atoms with Crippen LogP contribution in [-0.4, -0.2) is 48.2 Å². The van der Waals surface area contributed by atoms with Gasteiger partial charge in [0.25, 0.3) is 0 Å². The number of methoxy groups -OCH3 is 1. The van der Waals surface area contributed by atoms with E-state index < -0.39 is 0 Å². The van der Waals surface area contributed by atoms with E-state index in [1.807, 2.05) is 6.07 Å². The number of fused-ring (bicyclic) bond motifs is 5. The van der Waals surface area contributed by atoms with Crippen molar-refractivity contribution in [1.29, 1.82) is 0 Å². The summed E-state index contributed by atoms with van der Waals surface area (Å²) < 4.78 is 12.0. The average molecular weight is 461 g/mol. The summed E-state index contributed by atoms with van der Waals surface area (Å²) in [7, 11) is 1.51. The number of para-hydroxylation sites is 1. The molecule has 1 saturated heterocycles. The van der Waals surface area contributed by atoms with Crippen molar-refractivity contribution >= 4 is 16.9 Å². The number of piperidine rings is 1. The van der Waals surface area contributed by atoms with Crippen LogP contribution < -0.4 is 0 Å². The van der Waals surface area contributed by atoms with Crippen molar-refractivity contribution in [2.45, 2.75) is 57.7 Å². The van der Waals surface area contributed by atoms with Crippen LogP contribution in [0.2, 0.25) is 0 Å². The van der Waals surface area contributed by atoms with E-state index in [-0.39, 0.29) is 17.5 Å². The lowest BCUT2D eigenvalue weighted by atomic mass is 9.78. The molecule has 4 unspecified atom stereocenters. The van der Waals surface area contributed by atoms with Gasteiger partial charge in [0.15, 0.2) is 0 Å². The average Bonchev–Trinajstić information content (AvgIpc) is 3.24. The van der Waals surface area contributed by atoms with Gasteiger partial charge in [0.05, 0.1) is 25.2 Å². The third kappa shape index (κ3) is 4.51. The zero-order valence-corrected chi connectivity index (χ0v) is 20.6. The summed E-state index contributed by atoms with van der Waals surface area (Å²) in [6.07, 6.45) is 3.62. The monoisotopic (exact) mass is 460 g/mol. The maximum Gasteiger partial charge on any atom is 0.314 e. The summed E-state index contributed by atoms with van der Waals surface area (Å²) in [5, 5.41) is 1.22. The lowest BCUT2D eigenvalue weighted by molar-refractivity contribution is -0.144. The van der Waals surface area contributed by atoms with Gasteiger partial charge in [-0.3, -0.25) is 9.69 Å². The molecular weight excluding hydrogens is 424 g/mol. The van der Waals surface area contributed by atoms with Gasteiger partial charge in [-0.25, -0.2) is 0 Å². The van der Waals surface area contributed by atoms with E-state index in [0.717, 1.165) is 56.5 Å². The first kappa shape index (κ1) is 23.1. The summed E-state index contributed by atoms with van der Waals surface area (Å²) >= 11 is 0. The fraction of sp³-hybridized carbons (Fsp3) is 0.483. The summed E-state index contributed by atoms with van der Waals surface area (Å²) in [6, 6.07) is 17.0. The van der Waals surface area contributed by atoms with Crippen LogP contribution in [0.3, 0.4) is 0 Å². The Kier molecular flexibility index (Phi) is 6.50. The molecule has 1 fully saturated rings. The van der Waals surface area contributed by atoms with Crippen LogP contribution >= 0.6 is 0 Å².